The van der Waals surface area contributed by atoms with Gasteiger partial charge >= 0.3 is 202 Å². The summed E-state index contributed by atoms with van der Waals surface area (Å²) in [7, 11) is 0. The van der Waals surface area contributed by atoms with E-state index in [2.05, 4.69) is 74.0 Å². The minimum atomic E-state index is -2.21. The summed E-state index contributed by atoms with van der Waals surface area (Å²) in [6.45, 7) is 15.6. The average molecular weight is 623 g/mol. The van der Waals surface area contributed by atoms with Crippen LogP contribution in [0.2, 0.25) is 13.3 Å². The first-order valence-corrected chi connectivity index (χ1v) is 21.1. The molecule has 0 aliphatic carbocycles. The van der Waals surface area contributed by atoms with Gasteiger partial charge in [-0.15, -0.1) is 0 Å². The average Bonchev–Trinajstić information content (AvgIpc) is 2.68. The molecule has 0 saturated carbocycles. The van der Waals surface area contributed by atoms with Gasteiger partial charge in [0.05, 0.1) is 0 Å². The Hall–Kier alpha value is 0.679. The monoisotopic (exact) mass is 624 g/mol. The number of Topliss-reactive ketones (excluding diaryl/α,β-unsaturated/α-hetero) is 1. The zero-order valence-corrected chi connectivity index (χ0v) is 25.2. The van der Waals surface area contributed by atoms with Gasteiger partial charge in [-0.3, -0.25) is 0 Å². The van der Waals surface area contributed by atoms with E-state index in [1.54, 1.807) is 0 Å². The van der Waals surface area contributed by atoms with Crippen LogP contribution in [0.5, 0.6) is 0 Å². The SMILES string of the molecule is C=C(I)CCCC(=O)CC[C@@H](/C=[CH]/[Sn]([CH2]CCC)([CH2]CCC)[CH2]CCC)C(C)C. The van der Waals surface area contributed by atoms with Gasteiger partial charge in [-0.05, 0) is 0 Å². The molecule has 29 heavy (non-hydrogen) atoms. The molecule has 3 heteroatoms. The Balaban J connectivity index is 5.06. The van der Waals surface area contributed by atoms with Crippen molar-refractivity contribution in [2.75, 3.05) is 0 Å². The van der Waals surface area contributed by atoms with Crippen LogP contribution in [0.4, 0.5) is 0 Å². The second kappa shape index (κ2) is 18.3. The van der Waals surface area contributed by atoms with Crippen LogP contribution in [-0.2, 0) is 4.79 Å². The fourth-order valence-electron chi connectivity index (χ4n) is 4.12. The molecule has 0 aromatic carbocycles. The topological polar surface area (TPSA) is 17.1 Å². The second-order valence-electron chi connectivity index (χ2n) is 9.39. The van der Waals surface area contributed by atoms with Crippen molar-refractivity contribution in [3.8, 4) is 0 Å². The predicted octanol–water partition coefficient (Wildman–Crippen LogP) is 9.67. The van der Waals surface area contributed by atoms with Crippen LogP contribution in [0, 0.1) is 11.8 Å². The van der Waals surface area contributed by atoms with Crippen LogP contribution in [0.15, 0.2) is 20.3 Å². The van der Waals surface area contributed by atoms with Gasteiger partial charge in [0.25, 0.3) is 0 Å². The van der Waals surface area contributed by atoms with Crippen LogP contribution in [-0.4, -0.2) is 24.2 Å². The van der Waals surface area contributed by atoms with Crippen molar-refractivity contribution in [3.63, 3.8) is 0 Å². The molecule has 0 aliphatic rings. The normalized spacial score (nSPS) is 13.3. The summed E-state index contributed by atoms with van der Waals surface area (Å²) >= 11 is 0.0599. The van der Waals surface area contributed by atoms with Crippen molar-refractivity contribution in [2.45, 2.75) is 119 Å². The molecule has 170 valence electrons. The Morgan fingerprint density at radius 3 is 1.83 bits per heavy atom. The van der Waals surface area contributed by atoms with Gasteiger partial charge in [0, 0.05) is 0 Å². The number of halogens is 1. The van der Waals surface area contributed by atoms with Crippen molar-refractivity contribution >= 4 is 46.8 Å². The van der Waals surface area contributed by atoms with E-state index in [1.807, 2.05) is 0 Å². The third-order valence-electron chi connectivity index (χ3n) is 6.30. The third-order valence-corrected chi connectivity index (χ3v) is 21.0. The number of rotatable bonds is 19. The molecule has 0 aromatic rings. The molecule has 0 rings (SSSR count). The van der Waals surface area contributed by atoms with Gasteiger partial charge in [-0.2, -0.15) is 0 Å². The fraction of sp³-hybridized carbons (Fsp3) is 0.808. The molecule has 0 amide bonds. The Morgan fingerprint density at radius 1 is 0.897 bits per heavy atom. The Kier molecular flexibility index (Phi) is 18.7. The molecule has 0 radical (unpaired) electrons. The summed E-state index contributed by atoms with van der Waals surface area (Å²) in [6.07, 6.45) is 15.3. The summed E-state index contributed by atoms with van der Waals surface area (Å²) in [5.74, 6) is 1.64. The fourth-order valence-corrected chi connectivity index (χ4v) is 19.0. The summed E-state index contributed by atoms with van der Waals surface area (Å²) in [5.41, 5.74) is 0. The van der Waals surface area contributed by atoms with Crippen LogP contribution in [0.3, 0.4) is 0 Å². The van der Waals surface area contributed by atoms with Crippen molar-refractivity contribution in [3.05, 3.63) is 20.3 Å². The van der Waals surface area contributed by atoms with Crippen molar-refractivity contribution in [1.29, 1.82) is 0 Å². The number of ketones is 1. The number of carbonyl (C=O) groups is 1. The van der Waals surface area contributed by atoms with Gasteiger partial charge < -0.3 is 0 Å². The quantitative estimate of drug-likeness (QED) is 0.104. The molecule has 0 aliphatic heterocycles. The van der Waals surface area contributed by atoms with Gasteiger partial charge in [0.1, 0.15) is 0 Å². The molecule has 0 aromatic heterocycles. The third kappa shape index (κ3) is 15.2. The van der Waals surface area contributed by atoms with Crippen LogP contribution in [0.25, 0.3) is 0 Å². The second-order valence-corrected chi connectivity index (χ2v) is 23.9. The van der Waals surface area contributed by atoms with E-state index in [9.17, 15) is 4.79 Å². The summed E-state index contributed by atoms with van der Waals surface area (Å²) in [5, 5.41) is 0. The molecule has 0 heterocycles. The van der Waals surface area contributed by atoms with Crippen LogP contribution < -0.4 is 0 Å². The van der Waals surface area contributed by atoms with Crippen LogP contribution >= 0.6 is 22.6 Å². The van der Waals surface area contributed by atoms with Gasteiger partial charge in [-0.1, -0.05) is 0 Å². The first-order chi connectivity index (χ1) is 13.8. The first kappa shape index (κ1) is 29.7. The minimum absolute atomic E-state index is 0.444. The summed E-state index contributed by atoms with van der Waals surface area (Å²) in [4.78, 5) is 12.3. The van der Waals surface area contributed by atoms with E-state index in [4.69, 9.17) is 0 Å². The Bertz CT molecular complexity index is 448. The van der Waals surface area contributed by atoms with Crippen molar-refractivity contribution in [1.82, 2.24) is 0 Å². The first-order valence-electron chi connectivity index (χ1n) is 12.3. The maximum atomic E-state index is 12.3. The Morgan fingerprint density at radius 2 is 1.41 bits per heavy atom. The van der Waals surface area contributed by atoms with Crippen molar-refractivity contribution in [2.24, 2.45) is 11.8 Å². The number of carbonyl (C=O) groups excluding carboxylic acids is 1. The molecule has 0 N–H and O–H groups in total. The molecule has 1 nitrogen and oxygen atoms in total. The Labute approximate surface area is 201 Å². The van der Waals surface area contributed by atoms with E-state index >= 15 is 0 Å². The van der Waals surface area contributed by atoms with Crippen molar-refractivity contribution < 1.29 is 4.79 Å². The van der Waals surface area contributed by atoms with E-state index in [0.717, 1.165) is 35.7 Å². The maximum absolute atomic E-state index is 12.3. The number of hydrogen-bond donors (Lipinski definition) is 0. The summed E-state index contributed by atoms with van der Waals surface area (Å²) in [6, 6.07) is 0. The van der Waals surface area contributed by atoms with Gasteiger partial charge in [0.2, 0.25) is 0 Å². The van der Waals surface area contributed by atoms with E-state index in [0.29, 0.717) is 17.6 Å². The summed E-state index contributed by atoms with van der Waals surface area (Å²) < 4.78 is 8.57. The zero-order valence-electron chi connectivity index (χ0n) is 20.2. The van der Waals surface area contributed by atoms with E-state index < -0.39 is 18.4 Å². The zero-order chi connectivity index (χ0) is 22.1. The van der Waals surface area contributed by atoms with E-state index in [-0.39, 0.29) is 0 Å². The number of allylic oxidation sites excluding steroid dienone is 2. The molecule has 1 atom stereocenters. The number of hydrogen-bond acceptors (Lipinski definition) is 1. The molecule has 0 spiro atoms. The number of unbranched alkanes of at least 4 members (excludes halogenated alkanes) is 3. The predicted molar refractivity (Wildman–Crippen MR) is 144 cm³/mol. The molecule has 0 unspecified atom stereocenters. The standard InChI is InChI=1S/C14H22IO.3C4H9.Sn/c1-5-13(11(2)3)9-10-14(16)8-6-7-12(4)15;3*1-3-4-2;/h1,5,11,13H,4,6-10H2,2-3H3;3*1,3-4H2,2H3;/t13-;;;;/m1..../s1. The van der Waals surface area contributed by atoms with Gasteiger partial charge in [-0.25, -0.2) is 0 Å². The van der Waals surface area contributed by atoms with Crippen LogP contribution in [0.1, 0.15) is 105 Å². The molecular formula is C26H49IOSn. The molecular weight excluding hydrogens is 574 g/mol. The molecule has 0 saturated heterocycles. The molecule has 0 fully saturated rings. The van der Waals surface area contributed by atoms with E-state index in [1.165, 1.54) is 51.8 Å². The molecule has 0 bridgehead atoms. The van der Waals surface area contributed by atoms with Gasteiger partial charge in [0.15, 0.2) is 0 Å².